The minimum absolute atomic E-state index is 0.0658. The Morgan fingerprint density at radius 3 is 2.32 bits per heavy atom. The molecule has 8 nitrogen and oxygen atoms in total. The van der Waals surface area contributed by atoms with E-state index in [-0.39, 0.29) is 34.0 Å². The zero-order valence-corrected chi connectivity index (χ0v) is 16.2. The van der Waals surface area contributed by atoms with Crippen molar-refractivity contribution < 1.29 is 18.0 Å². The Labute approximate surface area is 153 Å². The van der Waals surface area contributed by atoms with Crippen LogP contribution in [0, 0.1) is 5.92 Å². The molecule has 0 saturated carbocycles. The number of hydrogen-bond donors (Lipinski definition) is 3. The second-order valence-electron chi connectivity index (χ2n) is 5.76. The predicted octanol–water partition coefficient (Wildman–Crippen LogP) is 1.48. The van der Waals surface area contributed by atoms with Crippen LogP contribution in [0.15, 0.2) is 23.1 Å². The molecule has 10 heteroatoms. The number of amides is 3. The van der Waals surface area contributed by atoms with Crippen molar-refractivity contribution in [3.63, 3.8) is 0 Å². The van der Waals surface area contributed by atoms with Crippen LogP contribution in [-0.2, 0) is 14.8 Å². The van der Waals surface area contributed by atoms with Gasteiger partial charge in [-0.3, -0.25) is 4.79 Å². The van der Waals surface area contributed by atoms with E-state index < -0.39 is 16.1 Å². The summed E-state index contributed by atoms with van der Waals surface area (Å²) in [5, 5.41) is 7.82. The number of hydrogen-bond acceptors (Lipinski definition) is 4. The molecule has 3 amide bonds. The lowest BCUT2D eigenvalue weighted by Crippen LogP contribution is -2.38. The quantitative estimate of drug-likeness (QED) is 0.613. The van der Waals surface area contributed by atoms with Gasteiger partial charge in [-0.1, -0.05) is 25.4 Å². The molecule has 0 radical (unpaired) electrons. The van der Waals surface area contributed by atoms with Crippen LogP contribution in [0.25, 0.3) is 0 Å². The van der Waals surface area contributed by atoms with E-state index in [2.05, 4.69) is 16.0 Å². The Balaban J connectivity index is 2.66. The van der Waals surface area contributed by atoms with Gasteiger partial charge in [-0.15, -0.1) is 0 Å². The summed E-state index contributed by atoms with van der Waals surface area (Å²) in [6, 6.07) is 3.67. The van der Waals surface area contributed by atoms with Crippen molar-refractivity contribution in [3.8, 4) is 0 Å². The standard InChI is InChI=1S/C15H23ClN4O4S/c1-10(2)14(21)17-7-8-18-15(22)19-11-5-6-12(16)13(9-11)25(23,24)20(3)4/h5-6,9-10H,7-8H2,1-4H3,(H,17,21)(H2,18,19,22). The lowest BCUT2D eigenvalue weighted by atomic mass is 10.2. The fourth-order valence-electron chi connectivity index (χ4n) is 1.72. The Morgan fingerprint density at radius 2 is 1.76 bits per heavy atom. The zero-order chi connectivity index (χ0) is 19.2. The normalized spacial score (nSPS) is 11.5. The number of halogens is 1. The summed E-state index contributed by atoms with van der Waals surface area (Å²) < 4.78 is 25.4. The molecule has 0 bridgehead atoms. The molecule has 0 aliphatic rings. The molecule has 0 fully saturated rings. The highest BCUT2D eigenvalue weighted by Gasteiger charge is 2.21. The Kier molecular flexibility index (Phi) is 7.65. The highest BCUT2D eigenvalue weighted by atomic mass is 35.5. The van der Waals surface area contributed by atoms with E-state index in [1.807, 2.05) is 0 Å². The van der Waals surface area contributed by atoms with E-state index >= 15 is 0 Å². The lowest BCUT2D eigenvalue weighted by molar-refractivity contribution is -0.123. The van der Waals surface area contributed by atoms with E-state index in [0.29, 0.717) is 6.54 Å². The van der Waals surface area contributed by atoms with Crippen molar-refractivity contribution in [2.45, 2.75) is 18.7 Å². The molecule has 0 aliphatic heterocycles. The summed E-state index contributed by atoms with van der Waals surface area (Å²) in [7, 11) is -0.937. The summed E-state index contributed by atoms with van der Waals surface area (Å²) in [6.45, 7) is 4.08. The molecule has 1 aromatic carbocycles. The first-order valence-corrected chi connectivity index (χ1v) is 9.42. The van der Waals surface area contributed by atoms with E-state index in [1.54, 1.807) is 13.8 Å². The molecule has 25 heavy (non-hydrogen) atoms. The molecule has 0 unspecified atom stereocenters. The fraction of sp³-hybridized carbons (Fsp3) is 0.467. The van der Waals surface area contributed by atoms with Crippen molar-refractivity contribution in [1.29, 1.82) is 0 Å². The molecule has 0 aliphatic carbocycles. The van der Waals surface area contributed by atoms with Gasteiger partial charge in [0.1, 0.15) is 4.90 Å². The van der Waals surface area contributed by atoms with Crippen molar-refractivity contribution in [3.05, 3.63) is 23.2 Å². The number of sulfonamides is 1. The lowest BCUT2D eigenvalue weighted by Gasteiger charge is -2.14. The summed E-state index contributed by atoms with van der Waals surface area (Å²) in [6.07, 6.45) is 0. The fourth-order valence-corrected chi connectivity index (χ4v) is 3.11. The molecule has 140 valence electrons. The third kappa shape index (κ3) is 6.18. The minimum Gasteiger partial charge on any atom is -0.354 e. The van der Waals surface area contributed by atoms with Crippen LogP contribution < -0.4 is 16.0 Å². The molecular weight excluding hydrogens is 368 g/mol. The maximum Gasteiger partial charge on any atom is 0.319 e. The number of nitrogens with one attached hydrogen (secondary N) is 3. The minimum atomic E-state index is -3.72. The number of carbonyl (C=O) groups excluding carboxylic acids is 2. The first-order chi connectivity index (χ1) is 11.6. The van der Waals surface area contributed by atoms with Gasteiger partial charge in [0.25, 0.3) is 0 Å². The molecule has 1 rings (SSSR count). The average molecular weight is 391 g/mol. The smallest absolute Gasteiger partial charge is 0.319 e. The van der Waals surface area contributed by atoms with Gasteiger partial charge >= 0.3 is 6.03 Å². The van der Waals surface area contributed by atoms with Crippen LogP contribution in [0.4, 0.5) is 10.5 Å². The molecule has 3 N–H and O–H groups in total. The third-order valence-electron chi connectivity index (χ3n) is 3.18. The van der Waals surface area contributed by atoms with Crippen molar-refractivity contribution >= 4 is 39.2 Å². The zero-order valence-electron chi connectivity index (χ0n) is 14.6. The van der Waals surface area contributed by atoms with Gasteiger partial charge in [-0.05, 0) is 18.2 Å². The Morgan fingerprint density at radius 1 is 1.16 bits per heavy atom. The predicted molar refractivity (Wildman–Crippen MR) is 97.2 cm³/mol. The van der Waals surface area contributed by atoms with E-state index in [0.717, 1.165) is 4.31 Å². The van der Waals surface area contributed by atoms with Crippen LogP contribution in [-0.4, -0.2) is 51.8 Å². The molecule has 1 aromatic rings. The maximum atomic E-state index is 12.2. The number of rotatable bonds is 7. The molecular formula is C15H23ClN4O4S. The third-order valence-corrected chi connectivity index (χ3v) is 5.48. The number of nitrogens with zero attached hydrogens (tertiary/aromatic N) is 1. The van der Waals surface area contributed by atoms with E-state index in [4.69, 9.17) is 11.6 Å². The molecule has 0 atom stereocenters. The van der Waals surface area contributed by atoms with Crippen LogP contribution in [0.2, 0.25) is 5.02 Å². The summed E-state index contributed by atoms with van der Waals surface area (Å²) in [5.74, 6) is -0.224. The number of carbonyl (C=O) groups is 2. The van der Waals surface area contributed by atoms with Crippen LogP contribution in [0.3, 0.4) is 0 Å². The van der Waals surface area contributed by atoms with Crippen LogP contribution >= 0.6 is 11.6 Å². The average Bonchev–Trinajstić information content (AvgIpc) is 2.52. The van der Waals surface area contributed by atoms with Crippen molar-refractivity contribution in [2.75, 3.05) is 32.5 Å². The van der Waals surface area contributed by atoms with E-state index in [1.165, 1.54) is 32.3 Å². The van der Waals surface area contributed by atoms with Gasteiger partial charge in [0, 0.05) is 38.8 Å². The summed E-state index contributed by atoms with van der Waals surface area (Å²) >= 11 is 5.94. The van der Waals surface area contributed by atoms with Gasteiger partial charge in [0.2, 0.25) is 15.9 Å². The van der Waals surface area contributed by atoms with Crippen molar-refractivity contribution in [2.24, 2.45) is 5.92 Å². The second kappa shape index (κ2) is 9.02. The monoisotopic (exact) mass is 390 g/mol. The summed E-state index contributed by atoms with van der Waals surface area (Å²) in [4.78, 5) is 23.1. The van der Waals surface area contributed by atoms with Gasteiger partial charge in [0.15, 0.2) is 0 Å². The molecule has 0 saturated heterocycles. The van der Waals surface area contributed by atoms with E-state index in [9.17, 15) is 18.0 Å². The second-order valence-corrected chi connectivity index (χ2v) is 8.29. The molecule has 0 aromatic heterocycles. The number of anilines is 1. The van der Waals surface area contributed by atoms with Crippen LogP contribution in [0.1, 0.15) is 13.8 Å². The highest BCUT2D eigenvalue weighted by molar-refractivity contribution is 7.89. The molecule has 0 heterocycles. The maximum absolute atomic E-state index is 12.2. The number of benzene rings is 1. The molecule has 0 spiro atoms. The van der Waals surface area contributed by atoms with Gasteiger partial charge in [-0.2, -0.15) is 0 Å². The Hall–Kier alpha value is -1.84. The van der Waals surface area contributed by atoms with Gasteiger partial charge in [-0.25, -0.2) is 17.5 Å². The Bertz CT molecular complexity index is 735. The topological polar surface area (TPSA) is 108 Å². The first kappa shape index (κ1) is 21.2. The summed E-state index contributed by atoms with van der Waals surface area (Å²) in [5.41, 5.74) is 0.286. The highest BCUT2D eigenvalue weighted by Crippen LogP contribution is 2.26. The first-order valence-electron chi connectivity index (χ1n) is 7.60. The van der Waals surface area contributed by atoms with Crippen LogP contribution in [0.5, 0.6) is 0 Å². The number of urea groups is 1. The SMILES string of the molecule is CC(C)C(=O)NCCNC(=O)Nc1ccc(Cl)c(S(=O)(=O)N(C)C)c1. The largest absolute Gasteiger partial charge is 0.354 e. The van der Waals surface area contributed by atoms with Crippen molar-refractivity contribution in [1.82, 2.24) is 14.9 Å². The van der Waals surface area contributed by atoms with Gasteiger partial charge in [0.05, 0.1) is 5.02 Å². The van der Waals surface area contributed by atoms with Gasteiger partial charge < -0.3 is 16.0 Å².